The van der Waals surface area contributed by atoms with E-state index in [1.807, 2.05) is 0 Å². The molecule has 3 N–H and O–H groups in total. The number of hydrogen-bond donors (Lipinski definition) is 2. The third-order valence-electron chi connectivity index (χ3n) is 2.06. The zero-order valence-corrected chi connectivity index (χ0v) is 6.69. The van der Waals surface area contributed by atoms with Gasteiger partial charge >= 0.3 is 6.18 Å². The fourth-order valence-electron chi connectivity index (χ4n) is 1.46. The highest BCUT2D eigenvalue weighted by Gasteiger charge is 2.30. The third-order valence-corrected chi connectivity index (χ3v) is 2.06. The highest BCUT2D eigenvalue weighted by molar-refractivity contribution is 4.83. The largest absolute Gasteiger partial charge is 0.401 e. The van der Waals surface area contributed by atoms with Gasteiger partial charge in [0.2, 0.25) is 0 Å². The summed E-state index contributed by atoms with van der Waals surface area (Å²) in [5, 5.41) is 2.45. The van der Waals surface area contributed by atoms with Crippen LogP contribution in [0.25, 0.3) is 0 Å². The molecule has 2 nitrogen and oxygen atoms in total. The summed E-state index contributed by atoms with van der Waals surface area (Å²) in [6.45, 7) is -0.898. The van der Waals surface area contributed by atoms with Crippen LogP contribution in [-0.4, -0.2) is 24.8 Å². The zero-order chi connectivity index (χ0) is 9.19. The van der Waals surface area contributed by atoms with Crippen molar-refractivity contribution < 1.29 is 13.2 Å². The maximum Gasteiger partial charge on any atom is 0.401 e. The molecule has 0 aromatic carbocycles. The Labute approximate surface area is 69.3 Å². The molecule has 1 saturated carbocycles. The summed E-state index contributed by atoms with van der Waals surface area (Å²) in [6, 6.07) is 0.0392. The maximum absolute atomic E-state index is 11.7. The fourth-order valence-corrected chi connectivity index (χ4v) is 1.46. The number of rotatable bonds is 2. The Morgan fingerprint density at radius 3 is 2.42 bits per heavy atom. The second kappa shape index (κ2) is 3.62. The van der Waals surface area contributed by atoms with Crippen molar-refractivity contribution >= 4 is 0 Å². The molecule has 0 aliphatic heterocycles. The lowest BCUT2D eigenvalue weighted by molar-refractivity contribution is -0.126. The standard InChI is InChI=1S/C7H13F3N2/c8-7(9,10)4-12-6-2-1-5(11)3-6/h5-6,12H,1-4,11H2. The Balaban J connectivity index is 2.16. The second-order valence-corrected chi connectivity index (χ2v) is 3.27. The third kappa shape index (κ3) is 3.40. The van der Waals surface area contributed by atoms with Crippen LogP contribution in [0.5, 0.6) is 0 Å². The summed E-state index contributed by atoms with van der Waals surface area (Å²) in [4.78, 5) is 0. The van der Waals surface area contributed by atoms with Crippen LogP contribution in [0.1, 0.15) is 19.3 Å². The summed E-state index contributed by atoms with van der Waals surface area (Å²) in [5.41, 5.74) is 5.54. The number of alkyl halides is 3. The lowest BCUT2D eigenvalue weighted by atomic mass is 10.2. The quantitative estimate of drug-likeness (QED) is 0.669. The Morgan fingerprint density at radius 2 is 2.00 bits per heavy atom. The van der Waals surface area contributed by atoms with E-state index in [1.165, 1.54) is 0 Å². The van der Waals surface area contributed by atoms with Gasteiger partial charge in [0.1, 0.15) is 0 Å². The summed E-state index contributed by atoms with van der Waals surface area (Å²) in [7, 11) is 0. The predicted octanol–water partition coefficient (Wildman–Crippen LogP) is 1.02. The molecule has 0 heterocycles. The van der Waals surface area contributed by atoms with Gasteiger partial charge in [-0.05, 0) is 19.3 Å². The molecule has 0 amide bonds. The van der Waals surface area contributed by atoms with Gasteiger partial charge in [-0.1, -0.05) is 0 Å². The van der Waals surface area contributed by atoms with Crippen molar-refractivity contribution in [1.29, 1.82) is 0 Å². The van der Waals surface area contributed by atoms with Crippen LogP contribution in [0.15, 0.2) is 0 Å². The van der Waals surface area contributed by atoms with E-state index in [2.05, 4.69) is 5.32 Å². The molecular formula is C7H13F3N2. The molecule has 0 bridgehead atoms. The fraction of sp³-hybridized carbons (Fsp3) is 1.00. The summed E-state index contributed by atoms with van der Waals surface area (Å²) in [6.07, 6.45) is -1.85. The van der Waals surface area contributed by atoms with Crippen molar-refractivity contribution in [2.45, 2.75) is 37.5 Å². The molecule has 1 rings (SSSR count). The summed E-state index contributed by atoms with van der Waals surface area (Å²) in [5.74, 6) is 0. The summed E-state index contributed by atoms with van der Waals surface area (Å²) < 4.78 is 35.1. The van der Waals surface area contributed by atoms with Gasteiger partial charge in [-0.25, -0.2) is 0 Å². The van der Waals surface area contributed by atoms with Crippen LogP contribution in [0.2, 0.25) is 0 Å². The van der Waals surface area contributed by atoms with Crippen molar-refractivity contribution in [3.8, 4) is 0 Å². The van der Waals surface area contributed by atoms with Crippen LogP contribution in [0, 0.1) is 0 Å². The minimum atomic E-state index is -4.10. The first-order valence-electron chi connectivity index (χ1n) is 4.03. The summed E-state index contributed by atoms with van der Waals surface area (Å²) >= 11 is 0. The molecular weight excluding hydrogens is 169 g/mol. The molecule has 2 unspecified atom stereocenters. The minimum Gasteiger partial charge on any atom is -0.328 e. The average molecular weight is 182 g/mol. The first-order chi connectivity index (χ1) is 5.47. The Kier molecular flexibility index (Phi) is 2.95. The van der Waals surface area contributed by atoms with Gasteiger partial charge in [0, 0.05) is 12.1 Å². The minimum absolute atomic E-state index is 0.0402. The SMILES string of the molecule is NC1CCC(NCC(F)(F)F)C1. The van der Waals surface area contributed by atoms with Crippen LogP contribution in [-0.2, 0) is 0 Å². The number of hydrogen-bond acceptors (Lipinski definition) is 2. The Morgan fingerprint density at radius 1 is 1.33 bits per heavy atom. The second-order valence-electron chi connectivity index (χ2n) is 3.27. The molecule has 0 saturated heterocycles. The van der Waals surface area contributed by atoms with Crippen LogP contribution < -0.4 is 11.1 Å². The van der Waals surface area contributed by atoms with Gasteiger partial charge in [0.05, 0.1) is 6.54 Å². The molecule has 0 spiro atoms. The number of halogens is 3. The van der Waals surface area contributed by atoms with Gasteiger partial charge in [0.25, 0.3) is 0 Å². The normalized spacial score (nSPS) is 31.0. The van der Waals surface area contributed by atoms with Crippen LogP contribution in [0.4, 0.5) is 13.2 Å². The number of nitrogens with two attached hydrogens (primary N) is 1. The van der Waals surface area contributed by atoms with Crippen LogP contribution >= 0.6 is 0 Å². The smallest absolute Gasteiger partial charge is 0.328 e. The Bertz CT molecular complexity index is 146. The Hall–Kier alpha value is -0.290. The molecule has 1 aliphatic carbocycles. The highest BCUT2D eigenvalue weighted by Crippen LogP contribution is 2.19. The monoisotopic (exact) mass is 182 g/mol. The lowest BCUT2D eigenvalue weighted by Crippen LogP contribution is -2.36. The molecule has 5 heteroatoms. The first kappa shape index (κ1) is 9.80. The van der Waals surface area contributed by atoms with Crippen molar-refractivity contribution in [1.82, 2.24) is 5.32 Å². The molecule has 2 atom stereocenters. The molecule has 0 radical (unpaired) electrons. The van der Waals surface area contributed by atoms with E-state index in [1.54, 1.807) is 0 Å². The molecule has 72 valence electrons. The van der Waals surface area contributed by atoms with E-state index in [-0.39, 0.29) is 12.1 Å². The van der Waals surface area contributed by atoms with E-state index in [4.69, 9.17) is 5.73 Å². The van der Waals surface area contributed by atoms with Gasteiger partial charge in [-0.15, -0.1) is 0 Å². The van der Waals surface area contributed by atoms with Crippen molar-refractivity contribution in [3.63, 3.8) is 0 Å². The lowest BCUT2D eigenvalue weighted by Gasteiger charge is -2.13. The van der Waals surface area contributed by atoms with E-state index in [9.17, 15) is 13.2 Å². The first-order valence-corrected chi connectivity index (χ1v) is 4.03. The van der Waals surface area contributed by atoms with Crippen LogP contribution in [0.3, 0.4) is 0 Å². The van der Waals surface area contributed by atoms with E-state index in [0.29, 0.717) is 6.42 Å². The molecule has 0 aromatic heterocycles. The topological polar surface area (TPSA) is 38.0 Å². The molecule has 0 aromatic rings. The van der Waals surface area contributed by atoms with Gasteiger partial charge < -0.3 is 11.1 Å². The predicted molar refractivity (Wildman–Crippen MR) is 39.7 cm³/mol. The highest BCUT2D eigenvalue weighted by atomic mass is 19.4. The molecule has 12 heavy (non-hydrogen) atoms. The van der Waals surface area contributed by atoms with Gasteiger partial charge in [-0.3, -0.25) is 0 Å². The van der Waals surface area contributed by atoms with E-state index in [0.717, 1.165) is 12.8 Å². The number of nitrogens with one attached hydrogen (secondary N) is 1. The van der Waals surface area contributed by atoms with Crippen molar-refractivity contribution in [3.05, 3.63) is 0 Å². The van der Waals surface area contributed by atoms with Gasteiger partial charge in [0.15, 0.2) is 0 Å². The average Bonchev–Trinajstić information content (AvgIpc) is 2.30. The maximum atomic E-state index is 11.7. The zero-order valence-electron chi connectivity index (χ0n) is 6.69. The van der Waals surface area contributed by atoms with Gasteiger partial charge in [-0.2, -0.15) is 13.2 Å². The van der Waals surface area contributed by atoms with Crippen molar-refractivity contribution in [2.24, 2.45) is 5.73 Å². The molecule has 1 fully saturated rings. The van der Waals surface area contributed by atoms with Crippen molar-refractivity contribution in [2.75, 3.05) is 6.54 Å². The van der Waals surface area contributed by atoms with E-state index >= 15 is 0 Å². The molecule has 1 aliphatic rings. The van der Waals surface area contributed by atoms with E-state index < -0.39 is 12.7 Å².